The lowest BCUT2D eigenvalue weighted by molar-refractivity contribution is 0.0989. The summed E-state index contributed by atoms with van der Waals surface area (Å²) in [5, 5.41) is 0.621. The Morgan fingerprint density at radius 3 is 2.48 bits per heavy atom. The Morgan fingerprint density at radius 2 is 1.88 bits per heavy atom. The minimum atomic E-state index is -0.418. The van der Waals surface area contributed by atoms with Gasteiger partial charge in [0.05, 0.1) is 21.8 Å². The van der Waals surface area contributed by atoms with E-state index in [4.69, 9.17) is 16.6 Å². The molecule has 7 nitrogen and oxygen atoms in total. The molecule has 1 atom stereocenters. The molecule has 0 radical (unpaired) electrons. The molecule has 1 amide bonds. The van der Waals surface area contributed by atoms with E-state index in [-0.39, 0.29) is 17.5 Å². The number of pyridine rings is 1. The van der Waals surface area contributed by atoms with Crippen molar-refractivity contribution in [3.63, 3.8) is 0 Å². The molecule has 1 aliphatic heterocycles. The second kappa shape index (κ2) is 7.97. The summed E-state index contributed by atoms with van der Waals surface area (Å²) in [5.41, 5.74) is 5.04. The molecule has 1 aromatic carbocycles. The average molecular weight is 480 g/mol. The van der Waals surface area contributed by atoms with Crippen LogP contribution in [0.5, 0.6) is 0 Å². The summed E-state index contributed by atoms with van der Waals surface area (Å²) >= 11 is 7.66. The molecule has 33 heavy (non-hydrogen) atoms. The molecular weight excluding hydrogens is 458 g/mol. The quantitative estimate of drug-likeness (QED) is 0.413. The van der Waals surface area contributed by atoms with Gasteiger partial charge in [0.1, 0.15) is 6.04 Å². The number of imidazole rings is 1. The van der Waals surface area contributed by atoms with Crippen LogP contribution in [0.3, 0.4) is 0 Å². The van der Waals surface area contributed by atoms with Gasteiger partial charge in [-0.15, -0.1) is 11.3 Å². The van der Waals surface area contributed by atoms with Gasteiger partial charge < -0.3 is 9.13 Å². The SMILES string of the molecule is Cc1cc(N2C(=O)c3nc(-c4cncs4)n(C(C)C)c3C2c2ccc(Cl)cc2)cn(C)c1=O. The van der Waals surface area contributed by atoms with Gasteiger partial charge in [0, 0.05) is 36.1 Å². The van der Waals surface area contributed by atoms with E-state index in [0.29, 0.717) is 22.0 Å². The van der Waals surface area contributed by atoms with Crippen LogP contribution in [-0.2, 0) is 7.05 Å². The molecule has 1 aliphatic rings. The Morgan fingerprint density at radius 1 is 1.15 bits per heavy atom. The van der Waals surface area contributed by atoms with Crippen molar-refractivity contribution >= 4 is 34.5 Å². The van der Waals surface area contributed by atoms with Gasteiger partial charge in [-0.25, -0.2) is 4.98 Å². The number of amides is 1. The molecule has 0 bridgehead atoms. The Hall–Kier alpha value is -3.23. The van der Waals surface area contributed by atoms with Gasteiger partial charge in [0.15, 0.2) is 11.5 Å². The first-order valence-electron chi connectivity index (χ1n) is 10.5. The minimum Gasteiger partial charge on any atom is -0.322 e. The maximum atomic E-state index is 13.8. The second-order valence-electron chi connectivity index (χ2n) is 8.43. The minimum absolute atomic E-state index is 0.0581. The van der Waals surface area contributed by atoms with Crippen molar-refractivity contribution in [2.75, 3.05) is 4.90 Å². The van der Waals surface area contributed by atoms with Crippen LogP contribution in [0, 0.1) is 6.92 Å². The molecule has 9 heteroatoms. The van der Waals surface area contributed by atoms with Gasteiger partial charge >= 0.3 is 0 Å². The number of anilines is 1. The number of carbonyl (C=O) groups excluding carboxylic acids is 1. The first-order valence-corrected chi connectivity index (χ1v) is 11.8. The number of hydrogen-bond acceptors (Lipinski definition) is 5. The van der Waals surface area contributed by atoms with Crippen LogP contribution >= 0.6 is 22.9 Å². The fourth-order valence-corrected chi connectivity index (χ4v) is 5.18. The summed E-state index contributed by atoms with van der Waals surface area (Å²) < 4.78 is 3.63. The topological polar surface area (TPSA) is 73.0 Å². The molecule has 168 valence electrons. The summed E-state index contributed by atoms with van der Waals surface area (Å²) in [6.45, 7) is 5.91. The average Bonchev–Trinajstić information content (AvgIpc) is 3.48. The van der Waals surface area contributed by atoms with Gasteiger partial charge in [-0.3, -0.25) is 19.5 Å². The summed E-state index contributed by atoms with van der Waals surface area (Å²) in [6.07, 6.45) is 3.47. The first kappa shape index (κ1) is 21.6. The van der Waals surface area contributed by atoms with Crippen LogP contribution in [-0.4, -0.2) is 25.0 Å². The van der Waals surface area contributed by atoms with Crippen LogP contribution in [0.4, 0.5) is 5.69 Å². The fraction of sp³-hybridized carbons (Fsp3) is 0.250. The highest BCUT2D eigenvalue weighted by molar-refractivity contribution is 7.13. The molecule has 0 fully saturated rings. The lowest BCUT2D eigenvalue weighted by Gasteiger charge is -2.28. The molecule has 0 N–H and O–H groups in total. The Labute approximate surface area is 199 Å². The Bertz CT molecular complexity index is 1390. The molecule has 0 saturated carbocycles. The highest BCUT2D eigenvalue weighted by atomic mass is 35.5. The molecular formula is C24H22ClN5O2S. The summed E-state index contributed by atoms with van der Waals surface area (Å²) in [6, 6.07) is 8.91. The third-order valence-corrected chi connectivity index (χ3v) is 6.89. The summed E-state index contributed by atoms with van der Waals surface area (Å²) in [7, 11) is 1.69. The van der Waals surface area contributed by atoms with Crippen molar-refractivity contribution in [2.24, 2.45) is 7.05 Å². The summed E-state index contributed by atoms with van der Waals surface area (Å²) in [4.78, 5) is 37.8. The Balaban J connectivity index is 1.79. The molecule has 4 aromatic rings. The zero-order chi connectivity index (χ0) is 23.4. The highest BCUT2D eigenvalue weighted by Crippen LogP contribution is 2.45. The largest absolute Gasteiger partial charge is 0.322 e. The normalized spacial score (nSPS) is 15.5. The number of hydrogen-bond donors (Lipinski definition) is 0. The fourth-order valence-electron chi connectivity index (χ4n) is 4.45. The smallest absolute Gasteiger partial charge is 0.279 e. The zero-order valence-corrected chi connectivity index (χ0v) is 20.2. The van der Waals surface area contributed by atoms with E-state index in [2.05, 4.69) is 23.4 Å². The number of carbonyl (C=O) groups is 1. The van der Waals surface area contributed by atoms with E-state index in [9.17, 15) is 9.59 Å². The van der Waals surface area contributed by atoms with Gasteiger partial charge in [0.2, 0.25) is 0 Å². The van der Waals surface area contributed by atoms with Gasteiger partial charge in [-0.1, -0.05) is 23.7 Å². The molecule has 0 saturated heterocycles. The monoisotopic (exact) mass is 479 g/mol. The number of benzene rings is 1. The molecule has 1 unspecified atom stereocenters. The van der Waals surface area contributed by atoms with Crippen molar-refractivity contribution in [1.29, 1.82) is 0 Å². The molecule has 4 heterocycles. The zero-order valence-electron chi connectivity index (χ0n) is 18.6. The number of nitrogens with zero attached hydrogens (tertiary/aromatic N) is 5. The molecule has 0 spiro atoms. The van der Waals surface area contributed by atoms with Crippen LogP contribution in [0.25, 0.3) is 10.7 Å². The van der Waals surface area contributed by atoms with Crippen molar-refractivity contribution in [3.05, 3.63) is 86.1 Å². The third kappa shape index (κ3) is 3.41. The molecule has 0 aliphatic carbocycles. The van der Waals surface area contributed by atoms with Crippen molar-refractivity contribution < 1.29 is 4.79 Å². The second-order valence-corrected chi connectivity index (χ2v) is 9.75. The van der Waals surface area contributed by atoms with Crippen LogP contribution in [0.1, 0.15) is 53.2 Å². The van der Waals surface area contributed by atoms with Crippen LogP contribution < -0.4 is 10.5 Å². The molecule has 5 rings (SSSR count). The van der Waals surface area contributed by atoms with Crippen LogP contribution in [0.2, 0.25) is 5.02 Å². The predicted molar refractivity (Wildman–Crippen MR) is 130 cm³/mol. The van der Waals surface area contributed by atoms with E-state index >= 15 is 0 Å². The van der Waals surface area contributed by atoms with Crippen LogP contribution in [0.15, 0.2) is 53.0 Å². The van der Waals surface area contributed by atoms with E-state index in [1.165, 1.54) is 15.9 Å². The van der Waals surface area contributed by atoms with E-state index < -0.39 is 6.04 Å². The molecule has 3 aromatic heterocycles. The van der Waals surface area contributed by atoms with Gasteiger partial charge in [-0.2, -0.15) is 0 Å². The summed E-state index contributed by atoms with van der Waals surface area (Å²) in [5.74, 6) is 0.536. The number of aryl methyl sites for hydroxylation is 2. The highest BCUT2D eigenvalue weighted by Gasteiger charge is 2.45. The first-order chi connectivity index (χ1) is 15.8. The van der Waals surface area contributed by atoms with E-state index in [1.54, 1.807) is 42.8 Å². The van der Waals surface area contributed by atoms with Crippen molar-refractivity contribution in [2.45, 2.75) is 32.9 Å². The van der Waals surface area contributed by atoms with Gasteiger partial charge in [-0.05, 0) is 44.5 Å². The van der Waals surface area contributed by atoms with Crippen molar-refractivity contribution in [1.82, 2.24) is 19.1 Å². The predicted octanol–water partition coefficient (Wildman–Crippen LogP) is 5.00. The lowest BCUT2D eigenvalue weighted by Crippen LogP contribution is -2.32. The maximum absolute atomic E-state index is 13.8. The van der Waals surface area contributed by atoms with E-state index in [1.807, 2.05) is 24.3 Å². The Kier molecular flexibility index (Phi) is 5.22. The number of rotatable bonds is 4. The van der Waals surface area contributed by atoms with E-state index in [0.717, 1.165) is 22.0 Å². The maximum Gasteiger partial charge on any atom is 0.279 e. The number of thiazole rings is 1. The third-order valence-electron chi connectivity index (χ3n) is 5.87. The number of fused-ring (bicyclic) bond motifs is 1. The van der Waals surface area contributed by atoms with Crippen molar-refractivity contribution in [3.8, 4) is 10.7 Å². The lowest BCUT2D eigenvalue weighted by atomic mass is 10.0. The standard InChI is InChI=1S/C24H22ClN5O2S/c1-13(2)29-21-19(27-22(29)18-10-26-12-33-18)24(32)30(17-9-14(3)23(31)28(4)11-17)20(21)15-5-7-16(25)8-6-15/h5-13,20H,1-4H3. The van der Waals surface area contributed by atoms with Gasteiger partial charge in [0.25, 0.3) is 11.5 Å². The number of halogens is 1. The number of aromatic nitrogens is 4.